The average molecular weight is 201 g/mol. The van der Waals surface area contributed by atoms with E-state index in [0.717, 1.165) is 16.9 Å². The van der Waals surface area contributed by atoms with Gasteiger partial charge in [0.15, 0.2) is 5.65 Å². The lowest BCUT2D eigenvalue weighted by atomic mass is 10.2. The van der Waals surface area contributed by atoms with Gasteiger partial charge in [-0.25, -0.2) is 4.98 Å². The molecule has 0 aliphatic carbocycles. The van der Waals surface area contributed by atoms with Gasteiger partial charge < -0.3 is 4.40 Å². The van der Waals surface area contributed by atoms with E-state index in [-0.39, 0.29) is 0 Å². The van der Waals surface area contributed by atoms with E-state index in [1.54, 1.807) is 0 Å². The molecule has 0 radical (unpaired) electrons. The predicted molar refractivity (Wildman–Crippen MR) is 60.7 cm³/mol. The zero-order chi connectivity index (χ0) is 11.4. The highest BCUT2D eigenvalue weighted by atomic mass is 15.0. The Hall–Kier alpha value is -1.82. The predicted octanol–water partition coefficient (Wildman–Crippen LogP) is 2.85. The first-order chi connectivity index (χ1) is 7.20. The van der Waals surface area contributed by atoms with Crippen LogP contribution >= 0.6 is 0 Å². The molecule has 2 aromatic rings. The van der Waals surface area contributed by atoms with Gasteiger partial charge in [-0.2, -0.15) is 5.26 Å². The number of rotatable bonds is 0. The topological polar surface area (TPSA) is 41.1 Å². The van der Waals surface area contributed by atoms with E-state index in [1.165, 1.54) is 0 Å². The van der Waals surface area contributed by atoms with E-state index in [0.29, 0.717) is 5.56 Å². The summed E-state index contributed by atoms with van der Waals surface area (Å²) in [7, 11) is 0. The average Bonchev–Trinajstić information content (AvgIpc) is 2.60. The van der Waals surface area contributed by atoms with Crippen LogP contribution < -0.4 is 0 Å². The number of nitriles is 1. The van der Waals surface area contributed by atoms with Crippen molar-refractivity contribution < 1.29 is 0 Å². The molecule has 0 amide bonds. The van der Waals surface area contributed by atoms with Crippen LogP contribution in [0.3, 0.4) is 0 Å². The third-order valence-electron chi connectivity index (χ3n) is 1.93. The van der Waals surface area contributed by atoms with Gasteiger partial charge in [-0.05, 0) is 25.5 Å². The maximum absolute atomic E-state index is 8.87. The van der Waals surface area contributed by atoms with Crippen LogP contribution in [0.25, 0.3) is 5.65 Å². The second-order valence-corrected chi connectivity index (χ2v) is 3.16. The Labute approximate surface area is 90.0 Å². The highest BCUT2D eigenvalue weighted by molar-refractivity contribution is 5.56. The maximum Gasteiger partial charge on any atom is 0.154 e. The summed E-state index contributed by atoms with van der Waals surface area (Å²) in [4.78, 5) is 4.27. The monoisotopic (exact) mass is 201 g/mol. The molecule has 0 bridgehead atoms. The fraction of sp³-hybridized carbons (Fsp3) is 0.333. The van der Waals surface area contributed by atoms with Crippen LogP contribution in [0.1, 0.15) is 30.7 Å². The third-order valence-corrected chi connectivity index (χ3v) is 1.93. The lowest BCUT2D eigenvalue weighted by Crippen LogP contribution is -1.89. The smallest absolute Gasteiger partial charge is 0.154 e. The van der Waals surface area contributed by atoms with Crippen molar-refractivity contribution in [2.75, 3.05) is 0 Å². The van der Waals surface area contributed by atoms with Gasteiger partial charge in [0.05, 0.1) is 11.3 Å². The minimum atomic E-state index is 0.633. The first-order valence-electron chi connectivity index (χ1n) is 5.07. The van der Waals surface area contributed by atoms with Crippen molar-refractivity contribution in [2.24, 2.45) is 0 Å². The van der Waals surface area contributed by atoms with Crippen LogP contribution in [-0.4, -0.2) is 9.38 Å². The molecule has 3 heteroatoms. The van der Waals surface area contributed by atoms with Gasteiger partial charge in [0, 0.05) is 12.4 Å². The molecule has 0 aliphatic rings. The molecule has 3 nitrogen and oxygen atoms in total. The van der Waals surface area contributed by atoms with Crippen molar-refractivity contribution in [3.05, 3.63) is 35.3 Å². The Kier molecular flexibility index (Phi) is 3.46. The Morgan fingerprint density at radius 1 is 1.27 bits per heavy atom. The SMILES string of the molecule is CC.Cc1cc(C#N)c2nc(C)cn2c1. The molecule has 2 heterocycles. The molecule has 0 N–H and O–H groups in total. The van der Waals surface area contributed by atoms with Gasteiger partial charge in [-0.1, -0.05) is 13.8 Å². The molecule has 15 heavy (non-hydrogen) atoms. The molecule has 0 spiro atoms. The summed E-state index contributed by atoms with van der Waals surface area (Å²) in [5, 5.41) is 8.87. The van der Waals surface area contributed by atoms with E-state index in [4.69, 9.17) is 5.26 Å². The van der Waals surface area contributed by atoms with E-state index in [9.17, 15) is 0 Å². The molecule has 0 saturated heterocycles. The zero-order valence-electron chi connectivity index (χ0n) is 9.57. The van der Waals surface area contributed by atoms with Gasteiger partial charge in [-0.3, -0.25) is 0 Å². The van der Waals surface area contributed by atoms with Crippen LogP contribution in [0.4, 0.5) is 0 Å². The molecular formula is C12H15N3. The molecule has 78 valence electrons. The third kappa shape index (κ3) is 2.16. The van der Waals surface area contributed by atoms with E-state index < -0.39 is 0 Å². The van der Waals surface area contributed by atoms with Crippen LogP contribution in [0, 0.1) is 25.2 Å². The number of hydrogen-bond donors (Lipinski definition) is 0. The summed E-state index contributed by atoms with van der Waals surface area (Å²) >= 11 is 0. The summed E-state index contributed by atoms with van der Waals surface area (Å²) in [5.41, 5.74) is 3.38. The minimum Gasteiger partial charge on any atom is -0.305 e. The normalized spacial score (nSPS) is 9.27. The van der Waals surface area contributed by atoms with Crippen LogP contribution in [0.2, 0.25) is 0 Å². The Bertz CT molecular complexity index is 503. The van der Waals surface area contributed by atoms with Crippen molar-refractivity contribution in [1.29, 1.82) is 5.26 Å². The molecule has 2 aromatic heterocycles. The standard InChI is InChI=1S/C10H9N3.C2H6/c1-7-3-9(4-11)10-12-8(2)6-13(10)5-7;1-2/h3,5-6H,1-2H3;1-2H3. The maximum atomic E-state index is 8.87. The van der Waals surface area contributed by atoms with Crippen molar-refractivity contribution >= 4 is 5.65 Å². The summed E-state index contributed by atoms with van der Waals surface area (Å²) < 4.78 is 1.89. The van der Waals surface area contributed by atoms with Crippen molar-refractivity contribution in [1.82, 2.24) is 9.38 Å². The number of aromatic nitrogens is 2. The molecule has 0 atom stereocenters. The van der Waals surface area contributed by atoms with Crippen molar-refractivity contribution in [3.8, 4) is 6.07 Å². The van der Waals surface area contributed by atoms with Gasteiger partial charge >= 0.3 is 0 Å². The van der Waals surface area contributed by atoms with Gasteiger partial charge in [0.1, 0.15) is 6.07 Å². The fourth-order valence-electron chi connectivity index (χ4n) is 1.44. The Morgan fingerprint density at radius 3 is 2.53 bits per heavy atom. The first-order valence-corrected chi connectivity index (χ1v) is 5.07. The van der Waals surface area contributed by atoms with Crippen LogP contribution in [-0.2, 0) is 0 Å². The minimum absolute atomic E-state index is 0.633. The molecule has 0 aliphatic heterocycles. The molecule has 0 saturated carbocycles. The number of pyridine rings is 1. The second-order valence-electron chi connectivity index (χ2n) is 3.16. The van der Waals surface area contributed by atoms with Crippen LogP contribution in [0.15, 0.2) is 18.5 Å². The van der Waals surface area contributed by atoms with E-state index in [2.05, 4.69) is 11.1 Å². The number of fused-ring (bicyclic) bond motifs is 1. The molecule has 0 fully saturated rings. The Balaban J connectivity index is 0.000000531. The fourth-order valence-corrected chi connectivity index (χ4v) is 1.44. The number of hydrogen-bond acceptors (Lipinski definition) is 2. The second kappa shape index (κ2) is 4.61. The number of aryl methyl sites for hydroxylation is 2. The highest BCUT2D eigenvalue weighted by Crippen LogP contribution is 2.12. The summed E-state index contributed by atoms with van der Waals surface area (Å²) in [5.74, 6) is 0. The first kappa shape index (κ1) is 11.3. The summed E-state index contributed by atoms with van der Waals surface area (Å²) in [6, 6.07) is 3.99. The Morgan fingerprint density at radius 2 is 1.93 bits per heavy atom. The van der Waals surface area contributed by atoms with Gasteiger partial charge in [0.25, 0.3) is 0 Å². The quantitative estimate of drug-likeness (QED) is 0.657. The van der Waals surface area contributed by atoms with Crippen molar-refractivity contribution in [3.63, 3.8) is 0 Å². The number of imidazole rings is 1. The lowest BCUT2D eigenvalue weighted by molar-refractivity contribution is 1.15. The van der Waals surface area contributed by atoms with Gasteiger partial charge in [-0.15, -0.1) is 0 Å². The molecular weight excluding hydrogens is 186 g/mol. The molecule has 0 unspecified atom stereocenters. The summed E-state index contributed by atoms with van der Waals surface area (Å²) in [6.45, 7) is 7.89. The van der Waals surface area contributed by atoms with Gasteiger partial charge in [0.2, 0.25) is 0 Å². The van der Waals surface area contributed by atoms with Crippen LogP contribution in [0.5, 0.6) is 0 Å². The van der Waals surface area contributed by atoms with E-state index in [1.807, 2.05) is 50.6 Å². The summed E-state index contributed by atoms with van der Waals surface area (Å²) in [6.07, 6.45) is 3.89. The van der Waals surface area contributed by atoms with E-state index >= 15 is 0 Å². The molecule has 2 rings (SSSR count). The highest BCUT2D eigenvalue weighted by Gasteiger charge is 2.04. The van der Waals surface area contributed by atoms with Crippen molar-refractivity contribution in [2.45, 2.75) is 27.7 Å². The zero-order valence-corrected chi connectivity index (χ0v) is 9.57. The molecule has 0 aromatic carbocycles. The largest absolute Gasteiger partial charge is 0.305 e. The lowest BCUT2D eigenvalue weighted by Gasteiger charge is -1.97. The number of nitrogens with zero attached hydrogens (tertiary/aromatic N) is 3.